The van der Waals surface area contributed by atoms with Crippen molar-refractivity contribution in [1.82, 2.24) is 15.2 Å². The van der Waals surface area contributed by atoms with E-state index in [9.17, 15) is 4.79 Å². The molecule has 1 amide bonds. The van der Waals surface area contributed by atoms with E-state index in [2.05, 4.69) is 33.4 Å². The van der Waals surface area contributed by atoms with Crippen LogP contribution in [0, 0.1) is 5.92 Å². The van der Waals surface area contributed by atoms with Crippen LogP contribution in [0.2, 0.25) is 0 Å². The molecular formula is C18H23N3O2. The van der Waals surface area contributed by atoms with E-state index in [1.165, 1.54) is 0 Å². The molecule has 1 aromatic heterocycles. The predicted octanol–water partition coefficient (Wildman–Crippen LogP) is 1.21. The van der Waals surface area contributed by atoms with Crippen molar-refractivity contribution in [2.24, 2.45) is 5.92 Å². The maximum absolute atomic E-state index is 12.0. The van der Waals surface area contributed by atoms with E-state index >= 15 is 0 Å². The summed E-state index contributed by atoms with van der Waals surface area (Å²) < 4.78 is 0. The maximum Gasteiger partial charge on any atom is 0.234 e. The fourth-order valence-electron chi connectivity index (χ4n) is 3.17. The Kier molecular flexibility index (Phi) is 5.20. The van der Waals surface area contributed by atoms with Crippen molar-refractivity contribution >= 4 is 16.8 Å². The summed E-state index contributed by atoms with van der Waals surface area (Å²) >= 11 is 0. The van der Waals surface area contributed by atoms with Gasteiger partial charge in [-0.25, -0.2) is 0 Å². The quantitative estimate of drug-likeness (QED) is 0.841. The molecule has 3 rings (SSSR count). The van der Waals surface area contributed by atoms with Gasteiger partial charge < -0.3 is 10.4 Å². The Morgan fingerprint density at radius 1 is 1.35 bits per heavy atom. The summed E-state index contributed by atoms with van der Waals surface area (Å²) in [5.41, 5.74) is 2.17. The van der Waals surface area contributed by atoms with Crippen molar-refractivity contribution in [2.75, 3.05) is 32.8 Å². The van der Waals surface area contributed by atoms with Crippen LogP contribution in [0.3, 0.4) is 0 Å². The van der Waals surface area contributed by atoms with Crippen molar-refractivity contribution in [3.8, 4) is 0 Å². The van der Waals surface area contributed by atoms with Gasteiger partial charge in [0.2, 0.25) is 5.91 Å². The number of amides is 1. The van der Waals surface area contributed by atoms with Gasteiger partial charge >= 0.3 is 0 Å². The largest absolute Gasteiger partial charge is 0.396 e. The molecule has 0 aliphatic carbocycles. The Morgan fingerprint density at radius 2 is 2.22 bits per heavy atom. The van der Waals surface area contributed by atoms with E-state index in [0.717, 1.165) is 42.4 Å². The van der Waals surface area contributed by atoms with Crippen LogP contribution in [-0.4, -0.2) is 53.7 Å². The summed E-state index contributed by atoms with van der Waals surface area (Å²) in [4.78, 5) is 18.6. The van der Waals surface area contributed by atoms with Gasteiger partial charge in [0.25, 0.3) is 0 Å². The smallest absolute Gasteiger partial charge is 0.234 e. The minimum absolute atomic E-state index is 0.0526. The van der Waals surface area contributed by atoms with E-state index in [-0.39, 0.29) is 12.5 Å². The van der Waals surface area contributed by atoms with Crippen molar-refractivity contribution in [3.63, 3.8) is 0 Å². The number of benzene rings is 1. The number of para-hydroxylation sites is 1. The Morgan fingerprint density at radius 3 is 3.04 bits per heavy atom. The molecule has 2 heterocycles. The standard InChI is InChI=1S/C18H23N3O2/c22-13-14-7-10-21(11-14)12-17(23)19-9-6-16-4-1-3-15-5-2-8-20-18(15)16/h1-5,8,14,22H,6-7,9-13H2,(H,19,23). The molecule has 1 aliphatic heterocycles. The number of hydrogen-bond acceptors (Lipinski definition) is 4. The van der Waals surface area contributed by atoms with Gasteiger partial charge in [-0.3, -0.25) is 14.7 Å². The molecule has 0 bridgehead atoms. The number of hydrogen-bond donors (Lipinski definition) is 2. The minimum atomic E-state index is 0.0526. The molecule has 0 saturated carbocycles. The first-order valence-electron chi connectivity index (χ1n) is 8.19. The van der Waals surface area contributed by atoms with E-state index in [1.54, 1.807) is 6.20 Å². The molecule has 5 nitrogen and oxygen atoms in total. The zero-order valence-corrected chi connectivity index (χ0v) is 13.2. The molecule has 2 aromatic rings. The van der Waals surface area contributed by atoms with Crippen molar-refractivity contribution in [3.05, 3.63) is 42.1 Å². The molecule has 0 spiro atoms. The van der Waals surface area contributed by atoms with Gasteiger partial charge in [0.15, 0.2) is 0 Å². The average molecular weight is 313 g/mol. The summed E-state index contributed by atoms with van der Waals surface area (Å²) in [6.07, 6.45) is 3.56. The first kappa shape index (κ1) is 15.9. The zero-order valence-electron chi connectivity index (χ0n) is 13.2. The molecule has 2 N–H and O–H groups in total. The molecule has 23 heavy (non-hydrogen) atoms. The number of fused-ring (bicyclic) bond motifs is 1. The molecule has 1 aromatic carbocycles. The number of aliphatic hydroxyl groups excluding tert-OH is 1. The molecule has 122 valence electrons. The van der Waals surface area contributed by atoms with Crippen LogP contribution in [-0.2, 0) is 11.2 Å². The molecule has 5 heteroatoms. The van der Waals surface area contributed by atoms with Gasteiger partial charge in [-0.15, -0.1) is 0 Å². The number of carbonyl (C=O) groups is 1. The monoisotopic (exact) mass is 313 g/mol. The first-order valence-corrected chi connectivity index (χ1v) is 8.19. The summed E-state index contributed by atoms with van der Waals surface area (Å²) in [6.45, 7) is 2.96. The van der Waals surface area contributed by atoms with Crippen LogP contribution in [0.25, 0.3) is 10.9 Å². The third-order valence-corrected chi connectivity index (χ3v) is 4.43. The third-order valence-electron chi connectivity index (χ3n) is 4.43. The van der Waals surface area contributed by atoms with Crippen LogP contribution in [0.4, 0.5) is 0 Å². The molecule has 1 aliphatic rings. The summed E-state index contributed by atoms with van der Waals surface area (Å²) in [5.74, 6) is 0.376. The first-order chi connectivity index (χ1) is 11.3. The molecular weight excluding hydrogens is 290 g/mol. The molecule has 1 saturated heterocycles. The molecule has 1 fully saturated rings. The van der Waals surface area contributed by atoms with Gasteiger partial charge in [0, 0.05) is 31.3 Å². The van der Waals surface area contributed by atoms with Gasteiger partial charge in [-0.2, -0.15) is 0 Å². The minimum Gasteiger partial charge on any atom is -0.396 e. The third kappa shape index (κ3) is 4.06. The maximum atomic E-state index is 12.0. The van der Waals surface area contributed by atoms with E-state index in [4.69, 9.17) is 5.11 Å². The van der Waals surface area contributed by atoms with Crippen LogP contribution in [0.5, 0.6) is 0 Å². The van der Waals surface area contributed by atoms with Crippen LogP contribution >= 0.6 is 0 Å². The number of pyridine rings is 1. The average Bonchev–Trinajstić information content (AvgIpc) is 3.02. The van der Waals surface area contributed by atoms with E-state index in [1.807, 2.05) is 12.1 Å². The Hall–Kier alpha value is -1.98. The lowest BCUT2D eigenvalue weighted by atomic mass is 10.1. The van der Waals surface area contributed by atoms with Crippen LogP contribution in [0.1, 0.15) is 12.0 Å². The number of carbonyl (C=O) groups excluding carboxylic acids is 1. The lowest BCUT2D eigenvalue weighted by molar-refractivity contribution is -0.122. The summed E-state index contributed by atoms with van der Waals surface area (Å²) in [6, 6.07) is 10.1. The van der Waals surface area contributed by atoms with Crippen molar-refractivity contribution < 1.29 is 9.90 Å². The molecule has 1 unspecified atom stereocenters. The SMILES string of the molecule is O=C(CN1CCC(CO)C1)NCCc1cccc2cccnc12. The van der Waals surface area contributed by atoms with Gasteiger partial charge in [0.1, 0.15) is 0 Å². The fraction of sp³-hybridized carbons (Fsp3) is 0.444. The van der Waals surface area contributed by atoms with Crippen LogP contribution in [0.15, 0.2) is 36.5 Å². The number of nitrogens with one attached hydrogen (secondary N) is 1. The van der Waals surface area contributed by atoms with Crippen LogP contribution < -0.4 is 5.32 Å². The number of likely N-dealkylation sites (tertiary alicyclic amines) is 1. The zero-order chi connectivity index (χ0) is 16.1. The van der Waals surface area contributed by atoms with Gasteiger partial charge in [-0.05, 0) is 36.9 Å². The van der Waals surface area contributed by atoms with Gasteiger partial charge in [0.05, 0.1) is 12.1 Å². The normalized spacial score (nSPS) is 18.4. The summed E-state index contributed by atoms with van der Waals surface area (Å²) in [7, 11) is 0. The second kappa shape index (κ2) is 7.53. The lowest BCUT2D eigenvalue weighted by Crippen LogP contribution is -2.37. The van der Waals surface area contributed by atoms with Crippen molar-refractivity contribution in [2.45, 2.75) is 12.8 Å². The molecule has 1 atom stereocenters. The fourth-order valence-corrected chi connectivity index (χ4v) is 3.17. The number of nitrogens with zero attached hydrogens (tertiary/aromatic N) is 2. The van der Waals surface area contributed by atoms with Gasteiger partial charge in [-0.1, -0.05) is 24.3 Å². The highest BCUT2D eigenvalue weighted by atomic mass is 16.3. The highest BCUT2D eigenvalue weighted by Gasteiger charge is 2.23. The topological polar surface area (TPSA) is 65.5 Å². The number of rotatable bonds is 6. The lowest BCUT2D eigenvalue weighted by Gasteiger charge is -2.15. The van der Waals surface area contributed by atoms with E-state index in [0.29, 0.717) is 19.0 Å². The Bertz CT molecular complexity index is 669. The van der Waals surface area contributed by atoms with Crippen molar-refractivity contribution in [1.29, 1.82) is 0 Å². The highest BCUT2D eigenvalue weighted by Crippen LogP contribution is 2.16. The second-order valence-electron chi connectivity index (χ2n) is 6.16. The summed E-state index contributed by atoms with van der Waals surface area (Å²) in [5, 5.41) is 13.3. The van der Waals surface area contributed by atoms with E-state index < -0.39 is 0 Å². The Labute approximate surface area is 136 Å². The molecule has 0 radical (unpaired) electrons. The second-order valence-corrected chi connectivity index (χ2v) is 6.16. The predicted molar refractivity (Wildman–Crippen MR) is 90.1 cm³/mol. The Balaban J connectivity index is 1.48. The highest BCUT2D eigenvalue weighted by molar-refractivity contribution is 5.81. The number of aromatic nitrogens is 1. The number of aliphatic hydroxyl groups is 1.